The Morgan fingerprint density at radius 1 is 1.46 bits per heavy atom. The van der Waals surface area contributed by atoms with Crippen molar-refractivity contribution in [1.82, 2.24) is 0 Å². The van der Waals surface area contributed by atoms with Crippen LogP contribution in [-0.4, -0.2) is 17.1 Å². The Bertz CT molecular complexity index is 297. The first-order valence-electron chi connectivity index (χ1n) is 3.84. The number of carbonyl (C=O) groups is 1. The third-order valence-corrected chi connectivity index (χ3v) is 1.60. The van der Waals surface area contributed by atoms with Crippen molar-refractivity contribution in [3.63, 3.8) is 0 Å². The van der Waals surface area contributed by atoms with Gasteiger partial charge in [0.15, 0.2) is 0 Å². The third kappa shape index (κ3) is 2.74. The number of halogens is 1. The fourth-order valence-electron chi connectivity index (χ4n) is 0.858. The van der Waals surface area contributed by atoms with Crippen LogP contribution >= 0.6 is 0 Å². The molecule has 0 saturated heterocycles. The Balaban J connectivity index is 2.64. The maximum atomic E-state index is 12.4. The third-order valence-electron chi connectivity index (χ3n) is 1.60. The normalized spacial score (nSPS) is 12.2. The lowest BCUT2D eigenvalue weighted by Gasteiger charge is -2.09. The molecule has 0 fully saturated rings. The van der Waals surface area contributed by atoms with E-state index in [1.807, 2.05) is 0 Å². The number of hydrogen-bond acceptors (Lipinski definition) is 2. The van der Waals surface area contributed by atoms with Crippen LogP contribution < -0.4 is 5.32 Å². The van der Waals surface area contributed by atoms with E-state index in [2.05, 4.69) is 5.32 Å². The fraction of sp³-hybridized carbons (Fsp3) is 0.222. The van der Waals surface area contributed by atoms with Gasteiger partial charge in [-0.15, -0.1) is 0 Å². The molecule has 13 heavy (non-hydrogen) atoms. The molecule has 0 amide bonds. The van der Waals surface area contributed by atoms with Gasteiger partial charge in [-0.2, -0.15) is 0 Å². The molecule has 0 heterocycles. The van der Waals surface area contributed by atoms with Gasteiger partial charge in [0.2, 0.25) is 0 Å². The zero-order valence-electron chi connectivity index (χ0n) is 7.12. The highest BCUT2D eigenvalue weighted by molar-refractivity contribution is 5.76. The van der Waals surface area contributed by atoms with Crippen LogP contribution in [0.4, 0.5) is 10.1 Å². The lowest BCUT2D eigenvalue weighted by molar-refractivity contribution is -0.137. The molecule has 0 aliphatic rings. The van der Waals surface area contributed by atoms with E-state index in [9.17, 15) is 9.18 Å². The average Bonchev–Trinajstić information content (AvgIpc) is 2.08. The number of nitrogens with one attached hydrogen (secondary N) is 1. The maximum absolute atomic E-state index is 12.4. The van der Waals surface area contributed by atoms with E-state index in [0.717, 1.165) is 0 Å². The minimum atomic E-state index is -0.940. The SMILES string of the molecule is CC(Nc1ccc(F)cc1)C(=O)O. The van der Waals surface area contributed by atoms with E-state index in [1.165, 1.54) is 31.2 Å². The molecule has 1 aromatic carbocycles. The van der Waals surface area contributed by atoms with Gasteiger partial charge >= 0.3 is 5.97 Å². The number of carboxylic acid groups (broad SMARTS) is 1. The van der Waals surface area contributed by atoms with Gasteiger partial charge in [-0.1, -0.05) is 0 Å². The molecule has 0 bridgehead atoms. The molecule has 0 aliphatic carbocycles. The molecule has 70 valence electrons. The summed E-state index contributed by atoms with van der Waals surface area (Å²) in [4.78, 5) is 10.4. The second kappa shape index (κ2) is 3.89. The molecule has 2 N–H and O–H groups in total. The fourth-order valence-corrected chi connectivity index (χ4v) is 0.858. The quantitative estimate of drug-likeness (QED) is 0.750. The summed E-state index contributed by atoms with van der Waals surface area (Å²) in [6, 6.07) is 4.86. The number of hydrogen-bond donors (Lipinski definition) is 2. The molecule has 0 aromatic heterocycles. The number of rotatable bonds is 3. The van der Waals surface area contributed by atoms with Crippen molar-refractivity contribution in [3.8, 4) is 0 Å². The predicted octanol–water partition coefficient (Wildman–Crippen LogP) is 1.71. The molecule has 1 atom stereocenters. The van der Waals surface area contributed by atoms with Gasteiger partial charge in [-0.05, 0) is 31.2 Å². The van der Waals surface area contributed by atoms with Gasteiger partial charge in [0.25, 0.3) is 0 Å². The zero-order chi connectivity index (χ0) is 9.84. The standard InChI is InChI=1S/C9H10FNO2/c1-6(9(12)13)11-8-4-2-7(10)3-5-8/h2-6,11H,1H3,(H,12,13). The van der Waals surface area contributed by atoms with Crippen LogP contribution in [0.2, 0.25) is 0 Å². The van der Waals surface area contributed by atoms with E-state index in [4.69, 9.17) is 5.11 Å². The molecule has 0 saturated carbocycles. The average molecular weight is 183 g/mol. The summed E-state index contributed by atoms with van der Waals surface area (Å²) < 4.78 is 12.4. The molecule has 0 spiro atoms. The second-order valence-electron chi connectivity index (χ2n) is 2.71. The number of aliphatic carboxylic acids is 1. The minimum Gasteiger partial charge on any atom is -0.480 e. The van der Waals surface area contributed by atoms with Gasteiger partial charge < -0.3 is 10.4 Å². The van der Waals surface area contributed by atoms with Crippen molar-refractivity contribution in [3.05, 3.63) is 30.1 Å². The van der Waals surface area contributed by atoms with E-state index >= 15 is 0 Å². The highest BCUT2D eigenvalue weighted by atomic mass is 19.1. The van der Waals surface area contributed by atoms with E-state index in [-0.39, 0.29) is 5.82 Å². The summed E-state index contributed by atoms with van der Waals surface area (Å²) in [5.74, 6) is -1.28. The number of benzene rings is 1. The molecular formula is C9H10FNO2. The summed E-state index contributed by atoms with van der Waals surface area (Å²) >= 11 is 0. The van der Waals surface area contributed by atoms with Crippen LogP contribution in [0.3, 0.4) is 0 Å². The van der Waals surface area contributed by atoms with E-state index in [0.29, 0.717) is 5.69 Å². The Labute approximate surface area is 75.2 Å². The van der Waals surface area contributed by atoms with Crippen molar-refractivity contribution in [2.45, 2.75) is 13.0 Å². The monoisotopic (exact) mass is 183 g/mol. The molecule has 0 aliphatic heterocycles. The van der Waals surface area contributed by atoms with Crippen molar-refractivity contribution < 1.29 is 14.3 Å². The largest absolute Gasteiger partial charge is 0.480 e. The number of carboxylic acids is 1. The molecule has 1 rings (SSSR count). The van der Waals surface area contributed by atoms with E-state index < -0.39 is 12.0 Å². The second-order valence-corrected chi connectivity index (χ2v) is 2.71. The Morgan fingerprint density at radius 2 is 2.00 bits per heavy atom. The zero-order valence-corrected chi connectivity index (χ0v) is 7.12. The Morgan fingerprint density at radius 3 is 2.46 bits per heavy atom. The molecule has 3 nitrogen and oxygen atoms in total. The van der Waals surface area contributed by atoms with Crippen molar-refractivity contribution >= 4 is 11.7 Å². The summed E-state index contributed by atoms with van der Waals surface area (Å²) in [6.45, 7) is 1.52. The van der Waals surface area contributed by atoms with Crippen molar-refractivity contribution in [2.75, 3.05) is 5.32 Å². The molecule has 4 heteroatoms. The van der Waals surface area contributed by atoms with Crippen LogP contribution in [0.1, 0.15) is 6.92 Å². The predicted molar refractivity (Wildman–Crippen MR) is 47.1 cm³/mol. The van der Waals surface area contributed by atoms with Gasteiger partial charge in [-0.3, -0.25) is 4.79 Å². The number of anilines is 1. The van der Waals surface area contributed by atoms with Crippen LogP contribution in [-0.2, 0) is 4.79 Å². The first-order valence-corrected chi connectivity index (χ1v) is 3.84. The van der Waals surface area contributed by atoms with Crippen molar-refractivity contribution in [1.29, 1.82) is 0 Å². The van der Waals surface area contributed by atoms with Crippen LogP contribution in [0.25, 0.3) is 0 Å². The Hall–Kier alpha value is -1.58. The van der Waals surface area contributed by atoms with Gasteiger partial charge in [-0.25, -0.2) is 4.39 Å². The topological polar surface area (TPSA) is 49.3 Å². The minimum absolute atomic E-state index is 0.339. The van der Waals surface area contributed by atoms with Crippen LogP contribution in [0.5, 0.6) is 0 Å². The molecule has 1 aromatic rings. The lowest BCUT2D eigenvalue weighted by Crippen LogP contribution is -2.25. The molecule has 1 unspecified atom stereocenters. The van der Waals surface area contributed by atoms with Gasteiger partial charge in [0.1, 0.15) is 11.9 Å². The van der Waals surface area contributed by atoms with Crippen LogP contribution in [0, 0.1) is 5.82 Å². The summed E-state index contributed by atoms with van der Waals surface area (Å²) in [6.07, 6.45) is 0. The van der Waals surface area contributed by atoms with Gasteiger partial charge in [0.05, 0.1) is 0 Å². The summed E-state index contributed by atoms with van der Waals surface area (Å²) in [7, 11) is 0. The Kier molecular flexibility index (Phi) is 2.84. The highest BCUT2D eigenvalue weighted by Gasteiger charge is 2.09. The first-order chi connectivity index (χ1) is 6.09. The van der Waals surface area contributed by atoms with Crippen molar-refractivity contribution in [2.24, 2.45) is 0 Å². The maximum Gasteiger partial charge on any atom is 0.325 e. The highest BCUT2D eigenvalue weighted by Crippen LogP contribution is 2.09. The summed E-state index contributed by atoms with van der Waals surface area (Å²) in [5.41, 5.74) is 0.594. The summed E-state index contributed by atoms with van der Waals surface area (Å²) in [5, 5.41) is 11.3. The smallest absolute Gasteiger partial charge is 0.325 e. The lowest BCUT2D eigenvalue weighted by atomic mass is 10.2. The van der Waals surface area contributed by atoms with E-state index in [1.54, 1.807) is 0 Å². The molecular weight excluding hydrogens is 173 g/mol. The van der Waals surface area contributed by atoms with Crippen LogP contribution in [0.15, 0.2) is 24.3 Å². The first kappa shape index (κ1) is 9.51. The van der Waals surface area contributed by atoms with Gasteiger partial charge in [0, 0.05) is 5.69 Å². The molecule has 0 radical (unpaired) electrons.